The highest BCUT2D eigenvalue weighted by atomic mass is 32.1. The van der Waals surface area contributed by atoms with Gasteiger partial charge in [0.1, 0.15) is 5.82 Å². The molecule has 2 N–H and O–H groups in total. The number of benzene rings is 1. The predicted molar refractivity (Wildman–Crippen MR) is 77.6 cm³/mol. The molecule has 4 nitrogen and oxygen atoms in total. The van der Waals surface area contributed by atoms with Crippen LogP contribution in [0.2, 0.25) is 0 Å². The lowest BCUT2D eigenvalue weighted by atomic mass is 9.99. The lowest BCUT2D eigenvalue weighted by Gasteiger charge is -2.13. The molecule has 2 aromatic heterocycles. The van der Waals surface area contributed by atoms with Gasteiger partial charge < -0.3 is 5.32 Å². The summed E-state index contributed by atoms with van der Waals surface area (Å²) in [6.45, 7) is 0. The number of nitrogens with zero attached hydrogens (tertiary/aromatic N) is 1. The zero-order valence-corrected chi connectivity index (χ0v) is 11.6. The summed E-state index contributed by atoms with van der Waals surface area (Å²) in [5, 5.41) is 11.7. The van der Waals surface area contributed by atoms with Crippen LogP contribution in [0.5, 0.6) is 0 Å². The summed E-state index contributed by atoms with van der Waals surface area (Å²) < 4.78 is 14.1. The van der Waals surface area contributed by atoms with E-state index >= 15 is 0 Å². The number of aromatic amines is 1. The van der Waals surface area contributed by atoms with Gasteiger partial charge in [0.2, 0.25) is 0 Å². The van der Waals surface area contributed by atoms with Crippen LogP contribution >= 0.6 is 11.3 Å². The smallest absolute Gasteiger partial charge is 0.272 e. The van der Waals surface area contributed by atoms with Gasteiger partial charge in [0, 0.05) is 11.1 Å². The van der Waals surface area contributed by atoms with Crippen molar-refractivity contribution in [3.63, 3.8) is 0 Å². The molecular weight excluding hydrogens is 289 g/mol. The second-order valence-electron chi connectivity index (χ2n) is 4.77. The molecule has 104 valence electrons. The number of hydrogen-bond donors (Lipinski definition) is 2. The standard InChI is InChI=1S/C15H10FN3OS/c16-9-5-2-1-4-8(9)12-11-13(10-6-3-7-21-10)18-19-14(11)15(20)17-12/h1-7,12H,(H,17,20)(H,18,19). The van der Waals surface area contributed by atoms with E-state index in [-0.39, 0.29) is 11.7 Å². The van der Waals surface area contributed by atoms with Gasteiger partial charge in [0.15, 0.2) is 5.69 Å². The topological polar surface area (TPSA) is 57.8 Å². The maximum atomic E-state index is 14.1. The SMILES string of the molecule is O=C1NC(c2ccccc2F)c2c1n[nH]c2-c1cccs1. The monoisotopic (exact) mass is 299 g/mol. The highest BCUT2D eigenvalue weighted by Crippen LogP contribution is 2.38. The van der Waals surface area contributed by atoms with Crippen molar-refractivity contribution < 1.29 is 9.18 Å². The van der Waals surface area contributed by atoms with Crippen molar-refractivity contribution >= 4 is 17.2 Å². The van der Waals surface area contributed by atoms with Crippen LogP contribution in [0.3, 0.4) is 0 Å². The van der Waals surface area contributed by atoms with E-state index in [2.05, 4.69) is 15.5 Å². The van der Waals surface area contributed by atoms with Crippen molar-refractivity contribution in [2.45, 2.75) is 6.04 Å². The Morgan fingerprint density at radius 1 is 1.19 bits per heavy atom. The molecule has 0 fully saturated rings. The number of carbonyl (C=O) groups is 1. The highest BCUT2D eigenvalue weighted by molar-refractivity contribution is 7.13. The van der Waals surface area contributed by atoms with Crippen molar-refractivity contribution in [1.82, 2.24) is 15.5 Å². The van der Waals surface area contributed by atoms with Gasteiger partial charge in [-0.3, -0.25) is 9.89 Å². The lowest BCUT2D eigenvalue weighted by Crippen LogP contribution is -2.21. The van der Waals surface area contributed by atoms with E-state index in [1.165, 1.54) is 6.07 Å². The maximum Gasteiger partial charge on any atom is 0.272 e. The molecule has 1 aliphatic rings. The van der Waals surface area contributed by atoms with Crippen LogP contribution in [0.1, 0.15) is 27.7 Å². The second-order valence-corrected chi connectivity index (χ2v) is 5.71. The zero-order valence-electron chi connectivity index (χ0n) is 10.8. The van der Waals surface area contributed by atoms with Crippen molar-refractivity contribution in [2.75, 3.05) is 0 Å². The lowest BCUT2D eigenvalue weighted by molar-refractivity contribution is 0.0955. The van der Waals surface area contributed by atoms with Gasteiger partial charge in [-0.1, -0.05) is 24.3 Å². The molecule has 1 aliphatic heterocycles. The van der Waals surface area contributed by atoms with Gasteiger partial charge in [0.05, 0.1) is 16.6 Å². The second kappa shape index (κ2) is 4.53. The summed E-state index contributed by atoms with van der Waals surface area (Å²) in [5.41, 5.74) is 2.27. The summed E-state index contributed by atoms with van der Waals surface area (Å²) >= 11 is 1.55. The van der Waals surface area contributed by atoms with Crippen molar-refractivity contribution in [3.05, 3.63) is 64.4 Å². The number of rotatable bonds is 2. The molecule has 1 aromatic carbocycles. The van der Waals surface area contributed by atoms with Crippen molar-refractivity contribution in [3.8, 4) is 10.6 Å². The number of carbonyl (C=O) groups excluding carboxylic acids is 1. The quantitative estimate of drug-likeness (QED) is 0.764. The number of amides is 1. The predicted octanol–water partition coefficient (Wildman–Crippen LogP) is 3.11. The number of aromatic nitrogens is 2. The van der Waals surface area contributed by atoms with Crippen LogP contribution in [-0.4, -0.2) is 16.1 Å². The summed E-state index contributed by atoms with van der Waals surface area (Å²) in [4.78, 5) is 13.0. The first-order valence-corrected chi connectivity index (χ1v) is 7.31. The Kier molecular flexibility index (Phi) is 2.65. The van der Waals surface area contributed by atoms with E-state index in [1.807, 2.05) is 17.5 Å². The fourth-order valence-corrected chi connectivity index (χ4v) is 3.36. The molecule has 3 heterocycles. The van der Waals surface area contributed by atoms with Gasteiger partial charge in [-0.2, -0.15) is 5.10 Å². The first kappa shape index (κ1) is 12.3. The van der Waals surface area contributed by atoms with Crippen LogP contribution < -0.4 is 5.32 Å². The molecule has 0 spiro atoms. The Hall–Kier alpha value is -2.47. The van der Waals surface area contributed by atoms with Crippen molar-refractivity contribution in [2.24, 2.45) is 0 Å². The molecular formula is C15H10FN3OS. The van der Waals surface area contributed by atoms with E-state index in [9.17, 15) is 9.18 Å². The van der Waals surface area contributed by atoms with Gasteiger partial charge in [-0.05, 0) is 17.5 Å². The van der Waals surface area contributed by atoms with Crippen molar-refractivity contribution in [1.29, 1.82) is 0 Å². The van der Waals surface area contributed by atoms with E-state index in [0.29, 0.717) is 16.8 Å². The minimum atomic E-state index is -0.510. The number of nitrogens with one attached hydrogen (secondary N) is 2. The van der Waals surface area contributed by atoms with Crippen LogP contribution in [0.4, 0.5) is 4.39 Å². The fraction of sp³-hybridized carbons (Fsp3) is 0.0667. The van der Waals surface area contributed by atoms with Crippen LogP contribution in [0.25, 0.3) is 10.6 Å². The summed E-state index contributed by atoms with van der Waals surface area (Å²) in [6, 6.07) is 9.82. The third-order valence-corrected chi connectivity index (χ3v) is 4.45. The maximum absolute atomic E-state index is 14.1. The number of halogens is 1. The zero-order chi connectivity index (χ0) is 14.4. The third kappa shape index (κ3) is 1.80. The molecule has 0 radical (unpaired) electrons. The third-order valence-electron chi connectivity index (χ3n) is 3.57. The van der Waals surface area contributed by atoms with Gasteiger partial charge in [-0.25, -0.2) is 4.39 Å². The van der Waals surface area contributed by atoms with E-state index < -0.39 is 6.04 Å². The first-order chi connectivity index (χ1) is 10.3. The van der Waals surface area contributed by atoms with Crippen LogP contribution in [0.15, 0.2) is 41.8 Å². The number of H-pyrrole nitrogens is 1. The molecule has 4 rings (SSSR count). The van der Waals surface area contributed by atoms with Gasteiger partial charge >= 0.3 is 0 Å². The van der Waals surface area contributed by atoms with Gasteiger partial charge in [-0.15, -0.1) is 11.3 Å². The van der Waals surface area contributed by atoms with E-state index in [4.69, 9.17) is 0 Å². The Balaban J connectivity index is 1.91. The molecule has 3 aromatic rings. The fourth-order valence-electron chi connectivity index (χ4n) is 2.63. The Morgan fingerprint density at radius 2 is 2.05 bits per heavy atom. The van der Waals surface area contributed by atoms with E-state index in [1.54, 1.807) is 29.5 Å². The molecule has 0 bridgehead atoms. The van der Waals surface area contributed by atoms with Gasteiger partial charge in [0.25, 0.3) is 5.91 Å². The summed E-state index contributed by atoms with van der Waals surface area (Å²) in [6.07, 6.45) is 0. The summed E-state index contributed by atoms with van der Waals surface area (Å²) in [5.74, 6) is -0.619. The normalized spacial score (nSPS) is 16.8. The Bertz CT molecular complexity index is 825. The summed E-state index contributed by atoms with van der Waals surface area (Å²) in [7, 11) is 0. The number of thiophene rings is 1. The average Bonchev–Trinajstić information content (AvgIpc) is 3.18. The molecule has 1 atom stereocenters. The highest BCUT2D eigenvalue weighted by Gasteiger charge is 2.37. The number of fused-ring (bicyclic) bond motifs is 1. The molecule has 0 aliphatic carbocycles. The molecule has 6 heteroatoms. The minimum Gasteiger partial charge on any atom is -0.339 e. The molecule has 0 saturated carbocycles. The largest absolute Gasteiger partial charge is 0.339 e. The minimum absolute atomic E-state index is 0.280. The Labute approximate surface area is 123 Å². The molecule has 0 saturated heterocycles. The Morgan fingerprint density at radius 3 is 2.81 bits per heavy atom. The van der Waals surface area contributed by atoms with Crippen LogP contribution in [0, 0.1) is 5.82 Å². The average molecular weight is 299 g/mol. The molecule has 1 amide bonds. The molecule has 1 unspecified atom stereocenters. The number of hydrogen-bond acceptors (Lipinski definition) is 3. The van der Waals surface area contributed by atoms with E-state index in [0.717, 1.165) is 10.6 Å². The first-order valence-electron chi connectivity index (χ1n) is 6.43. The molecule has 21 heavy (non-hydrogen) atoms. The van der Waals surface area contributed by atoms with Crippen LogP contribution in [-0.2, 0) is 0 Å².